The van der Waals surface area contributed by atoms with Crippen LogP contribution in [0.25, 0.3) is 0 Å². The number of likely N-dealkylation sites (N-methyl/N-ethyl adjacent to an activating group) is 1. The summed E-state index contributed by atoms with van der Waals surface area (Å²) in [6.45, 7) is 1.93. The highest BCUT2D eigenvalue weighted by Crippen LogP contribution is 2.35. The molecule has 1 amide bonds. The van der Waals surface area contributed by atoms with Gasteiger partial charge in [0, 0.05) is 19.7 Å². The van der Waals surface area contributed by atoms with Crippen molar-refractivity contribution in [3.05, 3.63) is 54.1 Å². The zero-order chi connectivity index (χ0) is 20.9. The highest BCUT2D eigenvalue weighted by molar-refractivity contribution is 7.92. The Morgan fingerprint density at radius 2 is 1.71 bits per heavy atom. The molecule has 0 fully saturated rings. The molecule has 2 rings (SSSR count). The van der Waals surface area contributed by atoms with Crippen molar-refractivity contribution in [3.8, 4) is 11.5 Å². The molecule has 0 saturated heterocycles. The lowest BCUT2D eigenvalue weighted by Gasteiger charge is -2.32. The van der Waals surface area contributed by atoms with E-state index in [9.17, 15) is 13.2 Å². The Kier molecular flexibility index (Phi) is 6.90. The average Bonchev–Trinajstić information content (AvgIpc) is 2.67. The summed E-state index contributed by atoms with van der Waals surface area (Å²) in [5.41, 5.74) is 1.20. The van der Waals surface area contributed by atoms with Gasteiger partial charge in [-0.1, -0.05) is 30.3 Å². The lowest BCUT2D eigenvalue weighted by atomic mass is 10.2. The molecule has 28 heavy (non-hydrogen) atoms. The van der Waals surface area contributed by atoms with Crippen molar-refractivity contribution in [3.63, 3.8) is 0 Å². The van der Waals surface area contributed by atoms with Crippen LogP contribution in [0.4, 0.5) is 5.69 Å². The summed E-state index contributed by atoms with van der Waals surface area (Å²) >= 11 is 0. The van der Waals surface area contributed by atoms with Crippen LogP contribution in [-0.4, -0.2) is 52.8 Å². The van der Waals surface area contributed by atoms with Crippen LogP contribution < -0.4 is 13.8 Å². The molecule has 0 saturated carbocycles. The Bertz CT molecular complexity index is 915. The molecule has 0 aliphatic heterocycles. The van der Waals surface area contributed by atoms with E-state index in [-0.39, 0.29) is 11.6 Å². The molecule has 7 nitrogen and oxygen atoms in total. The SMILES string of the molecule is COc1ccc(OC)c(N([C@H](C)C(=O)N(C)Cc2ccccc2)S(C)(=O)=O)c1. The first-order valence-corrected chi connectivity index (χ1v) is 10.5. The van der Waals surface area contributed by atoms with Crippen LogP contribution in [0.3, 0.4) is 0 Å². The molecule has 0 N–H and O–H groups in total. The number of anilines is 1. The maximum absolute atomic E-state index is 13.0. The number of carbonyl (C=O) groups excluding carboxylic acids is 1. The topological polar surface area (TPSA) is 76.2 Å². The Labute approximate surface area is 166 Å². The van der Waals surface area contributed by atoms with Crippen LogP contribution in [0, 0.1) is 0 Å². The van der Waals surface area contributed by atoms with Crippen molar-refractivity contribution in [2.75, 3.05) is 31.8 Å². The van der Waals surface area contributed by atoms with E-state index in [1.54, 1.807) is 32.2 Å². The number of rotatable bonds is 8. The largest absolute Gasteiger partial charge is 0.497 e. The monoisotopic (exact) mass is 406 g/mol. The molecular formula is C20H26N2O5S. The second-order valence-electron chi connectivity index (χ2n) is 6.45. The van der Waals surface area contributed by atoms with Crippen LogP contribution in [0.15, 0.2) is 48.5 Å². The molecule has 2 aromatic carbocycles. The standard InChI is InChI=1S/C20H26N2O5S/c1-15(20(23)21(2)14-16-9-7-6-8-10-16)22(28(5,24)25)18-13-17(26-3)11-12-19(18)27-4/h6-13,15H,14H2,1-5H3/t15-/m1/s1. The van der Waals surface area contributed by atoms with Gasteiger partial charge in [-0.3, -0.25) is 9.10 Å². The predicted molar refractivity (Wildman–Crippen MR) is 109 cm³/mol. The van der Waals surface area contributed by atoms with Gasteiger partial charge in [0.15, 0.2) is 0 Å². The van der Waals surface area contributed by atoms with Gasteiger partial charge in [-0.05, 0) is 24.6 Å². The molecule has 1 atom stereocenters. The molecule has 0 aromatic heterocycles. The Morgan fingerprint density at radius 1 is 1.07 bits per heavy atom. The summed E-state index contributed by atoms with van der Waals surface area (Å²) in [5.74, 6) is 0.456. The predicted octanol–water partition coefficient (Wildman–Crippen LogP) is 2.52. The van der Waals surface area contributed by atoms with Crippen LogP contribution in [0.2, 0.25) is 0 Å². The van der Waals surface area contributed by atoms with Gasteiger partial charge in [-0.15, -0.1) is 0 Å². The molecule has 0 aliphatic carbocycles. The van der Waals surface area contributed by atoms with Crippen molar-refractivity contribution < 1.29 is 22.7 Å². The van der Waals surface area contributed by atoms with Gasteiger partial charge in [0.2, 0.25) is 15.9 Å². The molecule has 0 spiro atoms. The van der Waals surface area contributed by atoms with E-state index in [4.69, 9.17) is 9.47 Å². The van der Waals surface area contributed by atoms with Gasteiger partial charge in [0.05, 0.1) is 26.2 Å². The summed E-state index contributed by atoms with van der Waals surface area (Å²) in [4.78, 5) is 14.5. The summed E-state index contributed by atoms with van der Waals surface area (Å²) in [7, 11) is 0.801. The summed E-state index contributed by atoms with van der Waals surface area (Å²) < 4.78 is 36.8. The van der Waals surface area contributed by atoms with Crippen LogP contribution in [0.1, 0.15) is 12.5 Å². The van der Waals surface area contributed by atoms with Gasteiger partial charge in [-0.2, -0.15) is 0 Å². The lowest BCUT2D eigenvalue weighted by Crippen LogP contribution is -2.48. The first kappa shape index (κ1) is 21.6. The van der Waals surface area contributed by atoms with Gasteiger partial charge >= 0.3 is 0 Å². The van der Waals surface area contributed by atoms with Crippen LogP contribution >= 0.6 is 0 Å². The molecular weight excluding hydrogens is 380 g/mol. The molecule has 2 aromatic rings. The minimum Gasteiger partial charge on any atom is -0.497 e. The fourth-order valence-corrected chi connectivity index (χ4v) is 4.16. The number of hydrogen-bond donors (Lipinski definition) is 0. The zero-order valence-electron chi connectivity index (χ0n) is 16.7. The molecule has 152 valence electrons. The number of benzene rings is 2. The van der Waals surface area contributed by atoms with Gasteiger partial charge in [-0.25, -0.2) is 8.42 Å². The summed E-state index contributed by atoms with van der Waals surface area (Å²) in [6, 6.07) is 13.3. The lowest BCUT2D eigenvalue weighted by molar-refractivity contribution is -0.131. The summed E-state index contributed by atoms with van der Waals surface area (Å²) in [6.07, 6.45) is 1.06. The second kappa shape index (κ2) is 8.97. The number of sulfonamides is 1. The number of amides is 1. The third-order valence-corrected chi connectivity index (χ3v) is 5.56. The number of hydrogen-bond acceptors (Lipinski definition) is 5. The first-order valence-electron chi connectivity index (χ1n) is 8.69. The van der Waals surface area contributed by atoms with Crippen molar-refractivity contribution >= 4 is 21.6 Å². The first-order chi connectivity index (χ1) is 13.2. The van der Waals surface area contributed by atoms with E-state index in [2.05, 4.69) is 0 Å². The van der Waals surface area contributed by atoms with Crippen molar-refractivity contribution in [1.82, 2.24) is 4.90 Å². The number of nitrogens with zero attached hydrogens (tertiary/aromatic N) is 2. The normalized spacial score (nSPS) is 12.2. The van der Waals surface area contributed by atoms with E-state index < -0.39 is 16.1 Å². The number of carbonyl (C=O) groups is 1. The van der Waals surface area contributed by atoms with E-state index in [0.717, 1.165) is 16.1 Å². The average molecular weight is 407 g/mol. The number of ether oxygens (including phenoxy) is 2. The van der Waals surface area contributed by atoms with Crippen molar-refractivity contribution in [2.24, 2.45) is 0 Å². The molecule has 8 heteroatoms. The Balaban J connectivity index is 2.39. The maximum Gasteiger partial charge on any atom is 0.246 e. The zero-order valence-corrected chi connectivity index (χ0v) is 17.6. The van der Waals surface area contributed by atoms with Gasteiger partial charge < -0.3 is 14.4 Å². The van der Waals surface area contributed by atoms with E-state index in [0.29, 0.717) is 18.0 Å². The Hall–Kier alpha value is -2.74. The highest BCUT2D eigenvalue weighted by atomic mass is 32.2. The smallest absolute Gasteiger partial charge is 0.246 e. The Morgan fingerprint density at radius 3 is 2.25 bits per heavy atom. The van der Waals surface area contributed by atoms with Gasteiger partial charge in [0.25, 0.3) is 0 Å². The molecule has 0 aliphatic rings. The number of methoxy groups -OCH3 is 2. The third-order valence-electron chi connectivity index (χ3n) is 4.33. The van der Waals surface area contributed by atoms with Crippen LogP contribution in [0.5, 0.6) is 11.5 Å². The van der Waals surface area contributed by atoms with E-state index >= 15 is 0 Å². The highest BCUT2D eigenvalue weighted by Gasteiger charge is 2.33. The third kappa shape index (κ3) is 4.95. The minimum absolute atomic E-state index is 0.248. The van der Waals surface area contributed by atoms with Crippen molar-refractivity contribution in [2.45, 2.75) is 19.5 Å². The quantitative estimate of drug-likeness (QED) is 0.673. The minimum atomic E-state index is -3.78. The summed E-state index contributed by atoms with van der Waals surface area (Å²) in [5, 5.41) is 0. The van der Waals surface area contributed by atoms with E-state index in [1.807, 2.05) is 30.3 Å². The molecule has 0 heterocycles. The van der Waals surface area contributed by atoms with Crippen LogP contribution in [-0.2, 0) is 21.4 Å². The maximum atomic E-state index is 13.0. The fourth-order valence-electron chi connectivity index (χ4n) is 3.00. The second-order valence-corrected chi connectivity index (χ2v) is 8.31. The van der Waals surface area contributed by atoms with E-state index in [1.165, 1.54) is 19.1 Å². The van der Waals surface area contributed by atoms with Crippen molar-refractivity contribution in [1.29, 1.82) is 0 Å². The molecule has 0 unspecified atom stereocenters. The fraction of sp³-hybridized carbons (Fsp3) is 0.350. The molecule has 0 bridgehead atoms. The van der Waals surface area contributed by atoms with Gasteiger partial charge in [0.1, 0.15) is 17.5 Å². The molecule has 0 radical (unpaired) electrons.